The minimum atomic E-state index is -1.58. The summed E-state index contributed by atoms with van der Waals surface area (Å²) in [5, 5.41) is 8.77. The zero-order chi connectivity index (χ0) is 35.9. The lowest BCUT2D eigenvalue weighted by Gasteiger charge is -2.44. The second-order valence-corrected chi connectivity index (χ2v) is 14.6. The number of halogens is 3. The Hall–Kier alpha value is -3.41. The number of carboxylic acids is 1. The third-order valence-electron chi connectivity index (χ3n) is 8.56. The summed E-state index contributed by atoms with van der Waals surface area (Å²) in [6, 6.07) is 9.46. The highest BCUT2D eigenvalue weighted by molar-refractivity contribution is 5.79. The van der Waals surface area contributed by atoms with E-state index in [1.807, 2.05) is 36.1 Å². The number of alkyl halides is 1. The molecule has 2 aromatic rings. The van der Waals surface area contributed by atoms with Crippen molar-refractivity contribution in [3.8, 4) is 5.75 Å². The lowest BCUT2D eigenvalue weighted by atomic mass is 9.84. The van der Waals surface area contributed by atoms with Crippen molar-refractivity contribution in [3.05, 3.63) is 70.3 Å². The van der Waals surface area contributed by atoms with Gasteiger partial charge in [0, 0.05) is 36.9 Å². The van der Waals surface area contributed by atoms with Gasteiger partial charge < -0.3 is 24.1 Å². The van der Waals surface area contributed by atoms with Crippen LogP contribution in [0.2, 0.25) is 0 Å². The van der Waals surface area contributed by atoms with Gasteiger partial charge >= 0.3 is 11.9 Å². The number of hydrogen-bond donors (Lipinski definition) is 1. The fourth-order valence-corrected chi connectivity index (χ4v) is 6.69. The fourth-order valence-electron chi connectivity index (χ4n) is 6.69. The third kappa shape index (κ3) is 11.0. The number of rotatable bonds is 17. The van der Waals surface area contributed by atoms with Crippen molar-refractivity contribution in [2.24, 2.45) is 0 Å². The van der Waals surface area contributed by atoms with Gasteiger partial charge in [-0.2, -0.15) is 0 Å². The first kappa shape index (κ1) is 38.4. The van der Waals surface area contributed by atoms with Crippen molar-refractivity contribution < 1.29 is 46.8 Å². The molecule has 270 valence electrons. The molecule has 2 unspecified atom stereocenters. The molecule has 4 rings (SSSR count). The standard InChI is InChI=1S/C38H50F3NO7/c1-24-17-29-28-14-8-7-11-25(28)18-30(29)36(42(24)23-38(5,6)41)35-31(39)19-27(20-32(35)40)47-16-10-13-26(12-9-15-46-21-33(43)44)48-22-34(45)49-37(2,3)4/h7-8,11,14,19-20,24,26,36H,9-10,12-13,15-18,21-23H2,1-6H3,(H,43,44)/t24-,26?,36?/m1/s1. The molecular weight excluding hydrogens is 639 g/mol. The molecule has 1 aliphatic heterocycles. The molecule has 0 radical (unpaired) electrons. The molecule has 0 fully saturated rings. The van der Waals surface area contributed by atoms with Crippen LogP contribution in [-0.2, 0) is 30.2 Å². The van der Waals surface area contributed by atoms with Crippen LogP contribution in [0.15, 0.2) is 42.0 Å². The van der Waals surface area contributed by atoms with Gasteiger partial charge in [-0.3, -0.25) is 4.90 Å². The largest absolute Gasteiger partial charge is 0.493 e. The Labute approximate surface area is 287 Å². The van der Waals surface area contributed by atoms with Crippen LogP contribution in [0.25, 0.3) is 5.57 Å². The Morgan fingerprint density at radius 3 is 2.29 bits per heavy atom. The maximum absolute atomic E-state index is 16.0. The monoisotopic (exact) mass is 689 g/mol. The molecule has 0 saturated carbocycles. The minimum Gasteiger partial charge on any atom is -0.493 e. The topological polar surface area (TPSA) is 94.5 Å². The number of hydrogen-bond acceptors (Lipinski definition) is 7. The average molecular weight is 690 g/mol. The highest BCUT2D eigenvalue weighted by Crippen LogP contribution is 2.50. The second kappa shape index (κ2) is 16.5. The molecule has 0 saturated heterocycles. The van der Waals surface area contributed by atoms with E-state index < -0.39 is 47.5 Å². The number of carbonyl (C=O) groups excluding carboxylic acids is 1. The summed E-state index contributed by atoms with van der Waals surface area (Å²) in [6.07, 6.45) is 2.76. The van der Waals surface area contributed by atoms with Crippen LogP contribution in [-0.4, -0.2) is 78.3 Å². The van der Waals surface area contributed by atoms with E-state index in [1.165, 1.54) is 26.0 Å². The van der Waals surface area contributed by atoms with E-state index in [9.17, 15) is 9.59 Å². The normalized spacial score (nSPS) is 18.6. The summed E-state index contributed by atoms with van der Waals surface area (Å²) in [7, 11) is 0. The smallest absolute Gasteiger partial charge is 0.332 e. The van der Waals surface area contributed by atoms with Gasteiger partial charge in [0.05, 0.1) is 18.8 Å². The molecule has 3 atom stereocenters. The molecule has 0 bridgehead atoms. The molecule has 11 heteroatoms. The first-order chi connectivity index (χ1) is 23.0. The van der Waals surface area contributed by atoms with Gasteiger partial charge in [-0.15, -0.1) is 0 Å². The molecule has 8 nitrogen and oxygen atoms in total. The molecule has 1 N–H and O–H groups in total. The number of carboxylic acid groups (broad SMARTS) is 1. The molecule has 2 aliphatic rings. The van der Waals surface area contributed by atoms with Crippen molar-refractivity contribution in [2.75, 3.05) is 33.0 Å². The fraction of sp³-hybridized carbons (Fsp3) is 0.579. The summed E-state index contributed by atoms with van der Waals surface area (Å²) in [4.78, 5) is 24.8. The summed E-state index contributed by atoms with van der Waals surface area (Å²) >= 11 is 0. The number of fused-ring (bicyclic) bond motifs is 2. The third-order valence-corrected chi connectivity index (χ3v) is 8.56. The van der Waals surface area contributed by atoms with Gasteiger partial charge in [-0.05, 0) is 102 Å². The zero-order valence-corrected chi connectivity index (χ0v) is 29.5. The van der Waals surface area contributed by atoms with Crippen LogP contribution in [0, 0.1) is 11.6 Å². The van der Waals surface area contributed by atoms with E-state index in [2.05, 4.69) is 0 Å². The van der Waals surface area contributed by atoms with Gasteiger partial charge in [0.2, 0.25) is 0 Å². The average Bonchev–Trinajstić information content (AvgIpc) is 3.34. The molecule has 2 aromatic carbocycles. The highest BCUT2D eigenvalue weighted by Gasteiger charge is 2.43. The molecule has 0 spiro atoms. The summed E-state index contributed by atoms with van der Waals surface area (Å²) in [5.41, 5.74) is 1.84. The zero-order valence-electron chi connectivity index (χ0n) is 29.5. The summed E-state index contributed by atoms with van der Waals surface area (Å²) in [6.45, 7) is 9.93. The number of nitrogens with zero attached hydrogens (tertiary/aromatic N) is 1. The van der Waals surface area contributed by atoms with Crippen LogP contribution in [0.3, 0.4) is 0 Å². The van der Waals surface area contributed by atoms with Crippen LogP contribution in [0.1, 0.15) is 96.4 Å². The Morgan fingerprint density at radius 2 is 1.65 bits per heavy atom. The van der Waals surface area contributed by atoms with Crippen molar-refractivity contribution in [1.82, 2.24) is 4.90 Å². The maximum Gasteiger partial charge on any atom is 0.332 e. The van der Waals surface area contributed by atoms with Crippen LogP contribution < -0.4 is 4.74 Å². The van der Waals surface area contributed by atoms with E-state index in [0.717, 1.165) is 22.3 Å². The van der Waals surface area contributed by atoms with Crippen molar-refractivity contribution in [3.63, 3.8) is 0 Å². The molecular formula is C38H50F3NO7. The quantitative estimate of drug-likeness (QED) is 0.134. The number of benzene rings is 2. The molecule has 49 heavy (non-hydrogen) atoms. The van der Waals surface area contributed by atoms with Gasteiger partial charge in [-0.25, -0.2) is 22.8 Å². The minimum absolute atomic E-state index is 0.0198. The Bertz CT molecular complexity index is 1470. The van der Waals surface area contributed by atoms with Crippen LogP contribution in [0.4, 0.5) is 13.2 Å². The van der Waals surface area contributed by atoms with E-state index in [4.69, 9.17) is 24.1 Å². The van der Waals surface area contributed by atoms with Gasteiger partial charge in [0.15, 0.2) is 0 Å². The lowest BCUT2D eigenvalue weighted by Crippen LogP contribution is -2.47. The Kier molecular flexibility index (Phi) is 13.0. The number of ether oxygens (including phenoxy) is 4. The SMILES string of the molecule is C[C@@H]1CC2=C(Cc3ccccc32)C(c2c(F)cc(OCCCC(CCCOCC(=O)O)OCC(=O)OC(C)(C)C)cc2F)N1CC(C)(C)F. The summed E-state index contributed by atoms with van der Waals surface area (Å²) in [5.74, 6) is -3.03. The molecule has 0 amide bonds. The number of esters is 1. The van der Waals surface area contributed by atoms with Gasteiger partial charge in [0.1, 0.15) is 41.9 Å². The molecule has 1 aliphatic carbocycles. The van der Waals surface area contributed by atoms with E-state index in [0.29, 0.717) is 38.5 Å². The van der Waals surface area contributed by atoms with E-state index >= 15 is 13.2 Å². The van der Waals surface area contributed by atoms with Gasteiger partial charge in [-0.1, -0.05) is 24.3 Å². The van der Waals surface area contributed by atoms with Crippen molar-refractivity contribution in [2.45, 2.75) is 110 Å². The number of aliphatic carboxylic acids is 1. The van der Waals surface area contributed by atoms with E-state index in [1.54, 1.807) is 20.8 Å². The Morgan fingerprint density at radius 1 is 1.00 bits per heavy atom. The van der Waals surface area contributed by atoms with E-state index in [-0.39, 0.29) is 49.8 Å². The first-order valence-corrected chi connectivity index (χ1v) is 17.0. The van der Waals surface area contributed by atoms with Crippen LogP contribution in [0.5, 0.6) is 5.75 Å². The molecule has 1 heterocycles. The van der Waals surface area contributed by atoms with Crippen LogP contribution >= 0.6 is 0 Å². The van der Waals surface area contributed by atoms with Gasteiger partial charge in [0.25, 0.3) is 0 Å². The first-order valence-electron chi connectivity index (χ1n) is 17.0. The maximum atomic E-state index is 16.0. The van der Waals surface area contributed by atoms with Crippen molar-refractivity contribution in [1.29, 1.82) is 0 Å². The predicted octanol–water partition coefficient (Wildman–Crippen LogP) is 7.63. The summed E-state index contributed by atoms with van der Waals surface area (Å²) < 4.78 is 69.2. The molecule has 0 aromatic heterocycles. The number of carbonyl (C=O) groups is 2. The Balaban J connectivity index is 1.44. The highest BCUT2D eigenvalue weighted by atomic mass is 19.1. The van der Waals surface area contributed by atoms with Crippen molar-refractivity contribution >= 4 is 17.5 Å². The lowest BCUT2D eigenvalue weighted by molar-refractivity contribution is -0.162. The second-order valence-electron chi connectivity index (χ2n) is 14.6. The predicted molar refractivity (Wildman–Crippen MR) is 180 cm³/mol.